The molecule has 192 valence electrons. The van der Waals surface area contributed by atoms with Crippen molar-refractivity contribution < 1.29 is 4.74 Å². The highest BCUT2D eigenvalue weighted by Gasteiger charge is 2.19. The van der Waals surface area contributed by atoms with Gasteiger partial charge in [-0.05, 0) is 77.9 Å². The van der Waals surface area contributed by atoms with Gasteiger partial charge in [-0.3, -0.25) is 0 Å². The smallest absolute Gasteiger partial charge is 0.127 e. The van der Waals surface area contributed by atoms with E-state index in [4.69, 9.17) is 4.74 Å². The van der Waals surface area contributed by atoms with Crippen molar-refractivity contribution in [1.82, 2.24) is 0 Å². The number of hydrogen-bond acceptors (Lipinski definition) is 3. The van der Waals surface area contributed by atoms with Crippen LogP contribution in [0.1, 0.15) is 62.6 Å². The van der Waals surface area contributed by atoms with Crippen molar-refractivity contribution in [2.75, 3.05) is 30.3 Å². The lowest BCUT2D eigenvalue weighted by Gasteiger charge is -2.22. The highest BCUT2D eigenvalue weighted by atomic mass is 16.5. The van der Waals surface area contributed by atoms with Crippen LogP contribution in [-0.4, -0.2) is 19.7 Å². The molecule has 4 rings (SSSR count). The second kappa shape index (κ2) is 13.5. The molecule has 0 aromatic heterocycles. The van der Waals surface area contributed by atoms with Gasteiger partial charge in [0.05, 0.1) is 6.61 Å². The van der Waals surface area contributed by atoms with E-state index in [0.717, 1.165) is 55.0 Å². The van der Waals surface area contributed by atoms with Crippen molar-refractivity contribution >= 4 is 11.4 Å². The minimum Gasteiger partial charge on any atom is -0.493 e. The normalized spacial score (nSPS) is 10.9. The number of benzene rings is 4. The second-order valence-corrected chi connectivity index (χ2v) is 9.50. The van der Waals surface area contributed by atoms with Gasteiger partial charge in [-0.2, -0.15) is 0 Å². The van der Waals surface area contributed by atoms with Crippen LogP contribution in [0.4, 0.5) is 11.4 Å². The van der Waals surface area contributed by atoms with Crippen LogP contribution in [0.5, 0.6) is 5.75 Å². The zero-order valence-corrected chi connectivity index (χ0v) is 22.5. The van der Waals surface area contributed by atoms with E-state index >= 15 is 0 Å². The van der Waals surface area contributed by atoms with Crippen LogP contribution in [0, 0.1) is 0 Å². The molecule has 0 radical (unpaired) electrons. The van der Waals surface area contributed by atoms with Crippen molar-refractivity contribution in [3.63, 3.8) is 0 Å². The maximum Gasteiger partial charge on any atom is 0.127 e. The topological polar surface area (TPSA) is 33.3 Å². The summed E-state index contributed by atoms with van der Waals surface area (Å²) in [5, 5.41) is 7.00. The second-order valence-electron chi connectivity index (χ2n) is 9.50. The van der Waals surface area contributed by atoms with Crippen LogP contribution >= 0.6 is 0 Å². The Balaban J connectivity index is 1.77. The van der Waals surface area contributed by atoms with Crippen LogP contribution < -0.4 is 15.4 Å². The van der Waals surface area contributed by atoms with E-state index in [0.29, 0.717) is 6.61 Å². The summed E-state index contributed by atoms with van der Waals surface area (Å²) in [4.78, 5) is 0. The summed E-state index contributed by atoms with van der Waals surface area (Å²) in [5.74, 6) is 1.05. The van der Waals surface area contributed by atoms with E-state index in [1.165, 1.54) is 22.3 Å². The number of rotatable bonds is 13. The van der Waals surface area contributed by atoms with Gasteiger partial charge in [-0.15, -0.1) is 0 Å². The van der Waals surface area contributed by atoms with Gasteiger partial charge >= 0.3 is 0 Å². The van der Waals surface area contributed by atoms with Crippen molar-refractivity contribution in [3.8, 4) is 16.9 Å². The van der Waals surface area contributed by atoms with Gasteiger partial charge in [-0.25, -0.2) is 0 Å². The number of hydrogen-bond donors (Lipinski definition) is 2. The molecule has 3 heteroatoms. The van der Waals surface area contributed by atoms with Gasteiger partial charge in [0.1, 0.15) is 5.75 Å². The zero-order chi connectivity index (χ0) is 25.9. The molecule has 0 unspecified atom stereocenters. The molecule has 0 heterocycles. The average Bonchev–Trinajstić information content (AvgIpc) is 2.96. The molecule has 0 atom stereocenters. The van der Waals surface area contributed by atoms with Crippen molar-refractivity contribution in [1.29, 1.82) is 0 Å². The lowest BCUT2D eigenvalue weighted by Crippen LogP contribution is -2.06. The maximum absolute atomic E-state index is 6.18. The van der Waals surface area contributed by atoms with Crippen LogP contribution in [0.3, 0.4) is 0 Å². The quantitative estimate of drug-likeness (QED) is 0.183. The molecule has 0 saturated carbocycles. The fraction of sp³-hybridized carbons (Fsp3) is 0.294. The Labute approximate surface area is 222 Å². The molecule has 0 saturated heterocycles. The van der Waals surface area contributed by atoms with Gasteiger partial charge in [0.15, 0.2) is 0 Å². The summed E-state index contributed by atoms with van der Waals surface area (Å²) < 4.78 is 6.18. The molecule has 3 nitrogen and oxygen atoms in total. The maximum atomic E-state index is 6.18. The van der Waals surface area contributed by atoms with Crippen LogP contribution in [-0.2, 0) is 0 Å². The number of ether oxygens (including phenoxy) is 1. The largest absolute Gasteiger partial charge is 0.493 e. The van der Waals surface area contributed by atoms with E-state index in [1.807, 2.05) is 0 Å². The van der Waals surface area contributed by atoms with Gasteiger partial charge in [0.2, 0.25) is 0 Å². The van der Waals surface area contributed by atoms with Gasteiger partial charge < -0.3 is 15.4 Å². The highest BCUT2D eigenvalue weighted by molar-refractivity contribution is 5.72. The fourth-order valence-electron chi connectivity index (χ4n) is 4.61. The third-order valence-corrected chi connectivity index (χ3v) is 6.53. The molecule has 0 aliphatic rings. The summed E-state index contributed by atoms with van der Waals surface area (Å²) in [6, 6.07) is 35.1. The number of anilines is 2. The molecule has 0 amide bonds. The summed E-state index contributed by atoms with van der Waals surface area (Å²) in [6.45, 7) is 9.19. The molecular weight excluding hydrogens is 452 g/mol. The summed E-state index contributed by atoms with van der Waals surface area (Å²) >= 11 is 0. The number of nitrogens with one attached hydrogen (secondary N) is 2. The Hall–Kier alpha value is -3.72. The van der Waals surface area contributed by atoms with Crippen molar-refractivity contribution in [2.45, 2.75) is 46.0 Å². The molecule has 4 aromatic rings. The minimum absolute atomic E-state index is 0.114. The van der Waals surface area contributed by atoms with Gasteiger partial charge in [-0.1, -0.05) is 81.4 Å². The Morgan fingerprint density at radius 3 is 1.65 bits per heavy atom. The Morgan fingerprint density at radius 2 is 1.14 bits per heavy atom. The zero-order valence-electron chi connectivity index (χ0n) is 22.5. The first-order valence-corrected chi connectivity index (χ1v) is 13.7. The first kappa shape index (κ1) is 26.3. The Bertz CT molecular complexity index is 1170. The van der Waals surface area contributed by atoms with Crippen molar-refractivity contribution in [3.05, 3.63) is 114 Å². The van der Waals surface area contributed by atoms with Crippen molar-refractivity contribution in [2.24, 2.45) is 0 Å². The first-order valence-electron chi connectivity index (χ1n) is 13.7. The minimum atomic E-state index is 0.114. The predicted octanol–water partition coefficient (Wildman–Crippen LogP) is 8.97. The van der Waals surface area contributed by atoms with E-state index in [1.54, 1.807) is 0 Å². The average molecular weight is 493 g/mol. The molecule has 37 heavy (non-hydrogen) atoms. The Kier molecular flexibility index (Phi) is 9.65. The molecule has 0 spiro atoms. The summed E-state index contributed by atoms with van der Waals surface area (Å²) in [6.07, 6.45) is 3.20. The molecule has 0 aliphatic carbocycles. The molecule has 2 N–H and O–H groups in total. The third kappa shape index (κ3) is 6.95. The summed E-state index contributed by atoms with van der Waals surface area (Å²) in [5.41, 5.74) is 8.45. The SMILES string of the molecule is CCCNc1ccc(C(c2ccc(NCCC)cc2)c2ccc(OCCC)c(-c3ccccc3)c2)cc1. The molecule has 4 aromatic carbocycles. The monoisotopic (exact) mass is 492 g/mol. The lowest BCUT2D eigenvalue weighted by atomic mass is 9.83. The predicted molar refractivity (Wildman–Crippen MR) is 159 cm³/mol. The molecular formula is C34H40N2O. The van der Waals surface area contributed by atoms with E-state index in [9.17, 15) is 0 Å². The lowest BCUT2D eigenvalue weighted by molar-refractivity contribution is 0.318. The van der Waals surface area contributed by atoms with Crippen LogP contribution in [0.2, 0.25) is 0 Å². The summed E-state index contributed by atoms with van der Waals surface area (Å²) in [7, 11) is 0. The van der Waals surface area contributed by atoms with E-state index < -0.39 is 0 Å². The van der Waals surface area contributed by atoms with E-state index in [-0.39, 0.29) is 5.92 Å². The third-order valence-electron chi connectivity index (χ3n) is 6.53. The van der Waals surface area contributed by atoms with Crippen LogP contribution in [0.25, 0.3) is 11.1 Å². The molecule has 0 fully saturated rings. The van der Waals surface area contributed by atoms with E-state index in [2.05, 4.69) is 128 Å². The fourth-order valence-corrected chi connectivity index (χ4v) is 4.61. The van der Waals surface area contributed by atoms with Gasteiger partial charge in [0.25, 0.3) is 0 Å². The van der Waals surface area contributed by atoms with Crippen LogP contribution in [0.15, 0.2) is 97.1 Å². The Morgan fingerprint density at radius 1 is 0.595 bits per heavy atom. The highest BCUT2D eigenvalue weighted by Crippen LogP contribution is 2.38. The van der Waals surface area contributed by atoms with Gasteiger partial charge in [0, 0.05) is 35.9 Å². The molecule has 0 bridgehead atoms. The standard InChI is InChI=1S/C34H40N2O/c1-4-22-35-30-17-12-27(13-18-30)34(28-14-19-31(20-15-28)36-23-5-2)29-16-21-33(37-24-6-3)32(25-29)26-10-8-7-9-11-26/h7-21,25,34-36H,4-6,22-24H2,1-3H3. The molecule has 0 aliphatic heterocycles. The first-order chi connectivity index (χ1) is 18.2.